The Bertz CT molecular complexity index is 362. The lowest BCUT2D eigenvalue weighted by Crippen LogP contribution is -2.07. The molecule has 0 bridgehead atoms. The Hall–Kier alpha value is -1.02. The van der Waals surface area contributed by atoms with Crippen molar-refractivity contribution in [2.24, 2.45) is 5.73 Å². The van der Waals surface area contributed by atoms with E-state index in [1.165, 1.54) is 30.4 Å². The van der Waals surface area contributed by atoms with Gasteiger partial charge in [-0.1, -0.05) is 26.3 Å². The van der Waals surface area contributed by atoms with Crippen molar-refractivity contribution in [1.29, 1.82) is 0 Å². The average molecular weight is 263 g/mol. The summed E-state index contributed by atoms with van der Waals surface area (Å²) in [6.45, 7) is 8.03. The third kappa shape index (κ3) is 4.87. The Balaban J connectivity index is 2.93. The van der Waals surface area contributed by atoms with Crippen LogP contribution in [0, 0.1) is 0 Å². The molecule has 0 saturated carbocycles. The van der Waals surface area contributed by atoms with Crippen LogP contribution in [0.3, 0.4) is 0 Å². The van der Waals surface area contributed by atoms with Crippen molar-refractivity contribution < 1.29 is 4.74 Å². The van der Waals surface area contributed by atoms with Crippen molar-refractivity contribution in [2.75, 3.05) is 13.2 Å². The molecule has 1 unspecified atom stereocenters. The normalized spacial score (nSPS) is 12.4. The highest BCUT2D eigenvalue weighted by molar-refractivity contribution is 5.38. The summed E-state index contributed by atoms with van der Waals surface area (Å²) in [6.07, 6.45) is 5.86. The molecule has 0 fully saturated rings. The molecule has 0 radical (unpaired) electrons. The van der Waals surface area contributed by atoms with Crippen LogP contribution in [0.5, 0.6) is 5.75 Å². The highest BCUT2D eigenvalue weighted by atomic mass is 16.5. The summed E-state index contributed by atoms with van der Waals surface area (Å²) in [5, 5.41) is 0. The fourth-order valence-electron chi connectivity index (χ4n) is 2.71. The standard InChI is InChI=1S/C17H29NO/c1-4-8-15(9-7-12-18)17-11-10-16(19-6-3)13-14(17)5-2/h10-11,13,15H,4-9,12,18H2,1-3H3. The number of hydrogen-bond acceptors (Lipinski definition) is 2. The Morgan fingerprint density at radius 3 is 2.53 bits per heavy atom. The van der Waals surface area contributed by atoms with Gasteiger partial charge in [-0.05, 0) is 68.3 Å². The van der Waals surface area contributed by atoms with Crippen molar-refractivity contribution in [2.45, 2.75) is 58.8 Å². The predicted molar refractivity (Wildman–Crippen MR) is 82.9 cm³/mol. The van der Waals surface area contributed by atoms with Crippen LogP contribution in [0.4, 0.5) is 0 Å². The summed E-state index contributed by atoms with van der Waals surface area (Å²) in [4.78, 5) is 0. The fraction of sp³-hybridized carbons (Fsp3) is 0.647. The molecule has 0 aliphatic rings. The molecule has 0 aliphatic carbocycles. The molecule has 0 aromatic heterocycles. The lowest BCUT2D eigenvalue weighted by Gasteiger charge is -2.20. The predicted octanol–water partition coefficient (Wildman–Crippen LogP) is 4.27. The van der Waals surface area contributed by atoms with Gasteiger partial charge in [0.1, 0.15) is 5.75 Å². The maximum absolute atomic E-state index is 5.67. The van der Waals surface area contributed by atoms with Gasteiger partial charge in [0.2, 0.25) is 0 Å². The second kappa shape index (κ2) is 8.98. The summed E-state index contributed by atoms with van der Waals surface area (Å²) in [5.41, 5.74) is 8.60. The van der Waals surface area contributed by atoms with Crippen LogP contribution in [0.15, 0.2) is 18.2 Å². The number of nitrogens with two attached hydrogens (primary N) is 1. The number of hydrogen-bond donors (Lipinski definition) is 1. The maximum atomic E-state index is 5.67. The molecule has 0 saturated heterocycles. The Kier molecular flexibility index (Phi) is 7.57. The van der Waals surface area contributed by atoms with Crippen molar-refractivity contribution in [3.63, 3.8) is 0 Å². The fourth-order valence-corrected chi connectivity index (χ4v) is 2.71. The lowest BCUT2D eigenvalue weighted by molar-refractivity contribution is 0.339. The van der Waals surface area contributed by atoms with Gasteiger partial charge in [-0.15, -0.1) is 0 Å². The molecule has 2 N–H and O–H groups in total. The summed E-state index contributed by atoms with van der Waals surface area (Å²) >= 11 is 0. The van der Waals surface area contributed by atoms with Gasteiger partial charge in [-0.2, -0.15) is 0 Å². The second-order valence-electron chi connectivity index (χ2n) is 5.06. The minimum atomic E-state index is 0.652. The molecule has 2 nitrogen and oxygen atoms in total. The minimum absolute atomic E-state index is 0.652. The molecule has 0 heterocycles. The SMILES string of the molecule is CCCC(CCCN)c1ccc(OCC)cc1CC. The molecular weight excluding hydrogens is 234 g/mol. The molecule has 1 aromatic carbocycles. The van der Waals surface area contributed by atoms with Gasteiger partial charge in [0.25, 0.3) is 0 Å². The van der Waals surface area contributed by atoms with Crippen LogP contribution in [0.1, 0.15) is 63.5 Å². The van der Waals surface area contributed by atoms with Crippen molar-refractivity contribution >= 4 is 0 Å². The van der Waals surface area contributed by atoms with E-state index in [1.807, 2.05) is 6.92 Å². The number of rotatable bonds is 9. The highest BCUT2D eigenvalue weighted by Gasteiger charge is 2.14. The van der Waals surface area contributed by atoms with Crippen LogP contribution >= 0.6 is 0 Å². The Morgan fingerprint density at radius 2 is 1.95 bits per heavy atom. The van der Waals surface area contributed by atoms with E-state index in [9.17, 15) is 0 Å². The first-order valence-electron chi connectivity index (χ1n) is 7.72. The second-order valence-corrected chi connectivity index (χ2v) is 5.06. The van der Waals surface area contributed by atoms with E-state index in [1.54, 1.807) is 0 Å². The monoisotopic (exact) mass is 263 g/mol. The van der Waals surface area contributed by atoms with E-state index in [0.717, 1.165) is 31.7 Å². The van der Waals surface area contributed by atoms with Crippen molar-refractivity contribution in [3.8, 4) is 5.75 Å². The summed E-state index contributed by atoms with van der Waals surface area (Å²) in [5.74, 6) is 1.65. The highest BCUT2D eigenvalue weighted by Crippen LogP contribution is 2.31. The minimum Gasteiger partial charge on any atom is -0.494 e. The summed E-state index contributed by atoms with van der Waals surface area (Å²) in [6, 6.07) is 6.59. The maximum Gasteiger partial charge on any atom is 0.119 e. The largest absolute Gasteiger partial charge is 0.494 e. The average Bonchev–Trinajstić information content (AvgIpc) is 2.44. The summed E-state index contributed by atoms with van der Waals surface area (Å²) in [7, 11) is 0. The van der Waals surface area contributed by atoms with Crippen LogP contribution in [0.2, 0.25) is 0 Å². The smallest absolute Gasteiger partial charge is 0.119 e. The zero-order chi connectivity index (χ0) is 14.1. The molecule has 1 atom stereocenters. The van der Waals surface area contributed by atoms with Crippen molar-refractivity contribution in [1.82, 2.24) is 0 Å². The molecule has 2 heteroatoms. The van der Waals surface area contributed by atoms with E-state index in [0.29, 0.717) is 5.92 Å². The zero-order valence-electron chi connectivity index (χ0n) is 12.7. The molecule has 0 amide bonds. The number of ether oxygens (including phenoxy) is 1. The quantitative estimate of drug-likeness (QED) is 0.722. The first-order chi connectivity index (χ1) is 9.26. The van der Waals surface area contributed by atoms with Gasteiger partial charge in [0.15, 0.2) is 0 Å². The lowest BCUT2D eigenvalue weighted by atomic mass is 9.86. The molecule has 19 heavy (non-hydrogen) atoms. The van der Waals surface area contributed by atoms with Crippen LogP contribution in [0.25, 0.3) is 0 Å². The van der Waals surface area contributed by atoms with Gasteiger partial charge in [0.05, 0.1) is 6.61 Å². The third-order valence-electron chi connectivity index (χ3n) is 3.64. The van der Waals surface area contributed by atoms with Gasteiger partial charge in [0, 0.05) is 0 Å². The van der Waals surface area contributed by atoms with Gasteiger partial charge in [-0.3, -0.25) is 0 Å². The molecular formula is C17H29NO. The van der Waals surface area contributed by atoms with Gasteiger partial charge < -0.3 is 10.5 Å². The molecule has 0 spiro atoms. The molecule has 1 aromatic rings. The molecule has 0 aliphatic heterocycles. The van der Waals surface area contributed by atoms with E-state index < -0.39 is 0 Å². The van der Waals surface area contributed by atoms with E-state index in [-0.39, 0.29) is 0 Å². The van der Waals surface area contributed by atoms with E-state index >= 15 is 0 Å². The first kappa shape index (κ1) is 16.0. The number of benzene rings is 1. The van der Waals surface area contributed by atoms with Crippen LogP contribution < -0.4 is 10.5 Å². The molecule has 108 valence electrons. The third-order valence-corrected chi connectivity index (χ3v) is 3.64. The van der Waals surface area contributed by atoms with Gasteiger partial charge >= 0.3 is 0 Å². The van der Waals surface area contributed by atoms with E-state index in [2.05, 4.69) is 32.0 Å². The zero-order valence-corrected chi connectivity index (χ0v) is 12.7. The number of aryl methyl sites for hydroxylation is 1. The Morgan fingerprint density at radius 1 is 1.16 bits per heavy atom. The van der Waals surface area contributed by atoms with Crippen LogP contribution in [-0.2, 0) is 6.42 Å². The first-order valence-corrected chi connectivity index (χ1v) is 7.72. The van der Waals surface area contributed by atoms with Crippen LogP contribution in [-0.4, -0.2) is 13.2 Å². The molecule has 1 rings (SSSR count). The topological polar surface area (TPSA) is 35.2 Å². The van der Waals surface area contributed by atoms with Crippen molar-refractivity contribution in [3.05, 3.63) is 29.3 Å². The van der Waals surface area contributed by atoms with E-state index in [4.69, 9.17) is 10.5 Å². The van der Waals surface area contributed by atoms with Gasteiger partial charge in [-0.25, -0.2) is 0 Å². The summed E-state index contributed by atoms with van der Waals surface area (Å²) < 4.78 is 5.60. The Labute approximate surface area is 118 Å².